The molecule has 1 aliphatic heterocycles. The van der Waals surface area contributed by atoms with E-state index in [2.05, 4.69) is 22.3 Å². The molecule has 1 aliphatic rings. The van der Waals surface area contributed by atoms with Gasteiger partial charge in [-0.3, -0.25) is 19.4 Å². The van der Waals surface area contributed by atoms with Gasteiger partial charge in [0, 0.05) is 38.3 Å². The molecule has 0 radical (unpaired) electrons. The van der Waals surface area contributed by atoms with Crippen LogP contribution in [-0.4, -0.2) is 85.5 Å². The van der Waals surface area contributed by atoms with Crippen molar-refractivity contribution >= 4 is 11.8 Å². The topological polar surface area (TPSA) is 65.1 Å². The second-order valence-electron chi connectivity index (χ2n) is 8.83. The van der Waals surface area contributed by atoms with Crippen molar-refractivity contribution < 1.29 is 14.3 Å². The molecule has 1 heterocycles. The lowest BCUT2D eigenvalue weighted by Crippen LogP contribution is -2.47. The third-order valence-electron chi connectivity index (χ3n) is 4.84. The van der Waals surface area contributed by atoms with Crippen molar-refractivity contribution in [1.82, 2.24) is 20.0 Å². The van der Waals surface area contributed by atoms with Crippen molar-refractivity contribution in [3.05, 3.63) is 29.8 Å². The lowest BCUT2D eigenvalue weighted by molar-refractivity contribution is -0.132. The van der Waals surface area contributed by atoms with Crippen molar-refractivity contribution in [2.75, 3.05) is 53.4 Å². The Morgan fingerprint density at radius 2 is 1.76 bits per heavy atom. The molecule has 1 N–H and O–H groups in total. The molecule has 2 rings (SSSR count). The highest BCUT2D eigenvalue weighted by Gasteiger charge is 2.22. The fourth-order valence-electron chi connectivity index (χ4n) is 3.46. The van der Waals surface area contributed by atoms with Gasteiger partial charge in [-0.05, 0) is 51.9 Å². The van der Waals surface area contributed by atoms with Crippen LogP contribution in [0.25, 0.3) is 0 Å². The van der Waals surface area contributed by atoms with Crippen molar-refractivity contribution in [1.29, 1.82) is 0 Å². The molecule has 1 aromatic rings. The normalized spacial score (nSPS) is 15.9. The molecule has 1 fully saturated rings. The Morgan fingerprint density at radius 1 is 1.07 bits per heavy atom. The van der Waals surface area contributed by atoms with Gasteiger partial charge in [0.2, 0.25) is 11.8 Å². The van der Waals surface area contributed by atoms with Crippen LogP contribution in [0.2, 0.25) is 0 Å². The molecule has 0 aromatic heterocycles. The maximum atomic E-state index is 12.7. The van der Waals surface area contributed by atoms with E-state index < -0.39 is 0 Å². The fourth-order valence-corrected chi connectivity index (χ4v) is 3.46. The highest BCUT2D eigenvalue weighted by molar-refractivity contribution is 5.81. The van der Waals surface area contributed by atoms with Gasteiger partial charge in [-0.1, -0.05) is 12.1 Å². The number of nitrogens with one attached hydrogen (secondary N) is 1. The van der Waals surface area contributed by atoms with E-state index in [0.717, 1.165) is 44.9 Å². The summed E-state index contributed by atoms with van der Waals surface area (Å²) in [6.45, 7) is 10.5. The van der Waals surface area contributed by atoms with E-state index in [4.69, 9.17) is 4.74 Å². The van der Waals surface area contributed by atoms with E-state index in [1.807, 2.05) is 44.9 Å². The van der Waals surface area contributed by atoms with Crippen LogP contribution in [0, 0.1) is 0 Å². The van der Waals surface area contributed by atoms with Gasteiger partial charge >= 0.3 is 0 Å². The summed E-state index contributed by atoms with van der Waals surface area (Å²) in [5, 5.41) is 2.93. The van der Waals surface area contributed by atoms with E-state index in [0.29, 0.717) is 0 Å². The van der Waals surface area contributed by atoms with Crippen molar-refractivity contribution in [2.24, 2.45) is 0 Å². The number of rotatable bonds is 7. The highest BCUT2D eigenvalue weighted by atomic mass is 16.5. The Hall–Kier alpha value is -2.12. The summed E-state index contributed by atoms with van der Waals surface area (Å²) in [7, 11) is 3.48. The Balaban J connectivity index is 1.78. The lowest BCUT2D eigenvalue weighted by atomic mass is 10.1. The number of carbonyl (C=O) groups is 2. The van der Waals surface area contributed by atoms with Crippen LogP contribution < -0.4 is 10.1 Å². The summed E-state index contributed by atoms with van der Waals surface area (Å²) in [6.07, 6.45) is 0.954. The number of benzene rings is 1. The standard InChI is InChI=1S/C22H36N4O3/c1-22(2,3)23-20(27)16-24(4)17-21(28)26-12-6-11-25(13-14-26)15-18-7-9-19(29-5)10-8-18/h7-10H,6,11-17H2,1-5H3,(H,23,27). The molecule has 0 atom stereocenters. The first-order chi connectivity index (χ1) is 13.7. The molecule has 1 aromatic carbocycles. The minimum absolute atomic E-state index is 0.0608. The van der Waals surface area contributed by atoms with E-state index in [-0.39, 0.29) is 30.4 Å². The molecule has 0 unspecified atom stereocenters. The van der Waals surface area contributed by atoms with E-state index >= 15 is 0 Å². The second kappa shape index (κ2) is 10.6. The maximum absolute atomic E-state index is 12.7. The molecule has 0 bridgehead atoms. The minimum Gasteiger partial charge on any atom is -0.497 e. The Kier molecular flexibility index (Phi) is 8.46. The van der Waals surface area contributed by atoms with Crippen molar-refractivity contribution in [2.45, 2.75) is 39.3 Å². The predicted octanol–water partition coefficient (Wildman–Crippen LogP) is 1.58. The van der Waals surface area contributed by atoms with Gasteiger partial charge < -0.3 is 15.0 Å². The molecular formula is C22H36N4O3. The van der Waals surface area contributed by atoms with Crippen LogP contribution >= 0.6 is 0 Å². The highest BCUT2D eigenvalue weighted by Crippen LogP contribution is 2.14. The number of likely N-dealkylation sites (N-methyl/N-ethyl adjacent to an activating group) is 1. The van der Waals surface area contributed by atoms with E-state index in [9.17, 15) is 9.59 Å². The molecule has 0 saturated carbocycles. The molecule has 2 amide bonds. The SMILES string of the molecule is COc1ccc(CN2CCCN(C(=O)CN(C)CC(=O)NC(C)(C)C)CC2)cc1. The first kappa shape index (κ1) is 23.2. The summed E-state index contributed by atoms with van der Waals surface area (Å²) in [5.41, 5.74) is 0.982. The summed E-state index contributed by atoms with van der Waals surface area (Å²) >= 11 is 0. The lowest BCUT2D eigenvalue weighted by Gasteiger charge is -2.26. The van der Waals surface area contributed by atoms with Gasteiger partial charge in [0.25, 0.3) is 0 Å². The average molecular weight is 405 g/mol. The molecule has 0 aliphatic carbocycles. The molecule has 29 heavy (non-hydrogen) atoms. The summed E-state index contributed by atoms with van der Waals surface area (Å²) in [4.78, 5) is 30.8. The van der Waals surface area contributed by atoms with Gasteiger partial charge in [0.1, 0.15) is 5.75 Å². The van der Waals surface area contributed by atoms with Crippen LogP contribution in [0.1, 0.15) is 32.8 Å². The Labute approximate surface area is 175 Å². The van der Waals surface area contributed by atoms with E-state index in [1.165, 1.54) is 5.56 Å². The number of nitrogens with zero attached hydrogens (tertiary/aromatic N) is 3. The zero-order valence-corrected chi connectivity index (χ0v) is 18.5. The zero-order valence-electron chi connectivity index (χ0n) is 18.5. The zero-order chi connectivity index (χ0) is 21.4. The molecular weight excluding hydrogens is 368 g/mol. The number of methoxy groups -OCH3 is 1. The van der Waals surface area contributed by atoms with Crippen molar-refractivity contribution in [3.8, 4) is 5.75 Å². The van der Waals surface area contributed by atoms with Gasteiger partial charge in [-0.25, -0.2) is 0 Å². The van der Waals surface area contributed by atoms with E-state index in [1.54, 1.807) is 12.0 Å². The quantitative estimate of drug-likeness (QED) is 0.747. The van der Waals surface area contributed by atoms with Crippen LogP contribution in [-0.2, 0) is 16.1 Å². The fraction of sp³-hybridized carbons (Fsp3) is 0.636. The summed E-state index contributed by atoms with van der Waals surface area (Å²) in [6, 6.07) is 8.14. The number of ether oxygens (including phenoxy) is 1. The maximum Gasteiger partial charge on any atom is 0.236 e. The third kappa shape index (κ3) is 8.41. The first-order valence-corrected chi connectivity index (χ1v) is 10.3. The number of carbonyl (C=O) groups excluding carboxylic acids is 2. The second-order valence-corrected chi connectivity index (χ2v) is 8.83. The first-order valence-electron chi connectivity index (χ1n) is 10.3. The van der Waals surface area contributed by atoms with Gasteiger partial charge in [0.15, 0.2) is 0 Å². The van der Waals surface area contributed by atoms with Crippen molar-refractivity contribution in [3.63, 3.8) is 0 Å². The van der Waals surface area contributed by atoms with Crippen LogP contribution in [0.3, 0.4) is 0 Å². The van der Waals surface area contributed by atoms with Gasteiger partial charge in [0.05, 0.1) is 20.2 Å². The average Bonchev–Trinajstić information content (AvgIpc) is 2.86. The van der Waals surface area contributed by atoms with Crippen LogP contribution in [0.5, 0.6) is 5.75 Å². The largest absolute Gasteiger partial charge is 0.497 e. The molecule has 1 saturated heterocycles. The number of hydrogen-bond acceptors (Lipinski definition) is 5. The molecule has 7 heteroatoms. The third-order valence-corrected chi connectivity index (χ3v) is 4.84. The Bertz CT molecular complexity index is 670. The predicted molar refractivity (Wildman–Crippen MR) is 115 cm³/mol. The van der Waals surface area contributed by atoms with Gasteiger partial charge in [-0.2, -0.15) is 0 Å². The minimum atomic E-state index is -0.264. The monoisotopic (exact) mass is 404 g/mol. The summed E-state index contributed by atoms with van der Waals surface area (Å²) in [5.74, 6) is 0.887. The number of amides is 2. The smallest absolute Gasteiger partial charge is 0.236 e. The molecule has 7 nitrogen and oxygen atoms in total. The summed E-state index contributed by atoms with van der Waals surface area (Å²) < 4.78 is 5.21. The molecule has 162 valence electrons. The molecule has 0 spiro atoms. The van der Waals surface area contributed by atoms with Gasteiger partial charge in [-0.15, -0.1) is 0 Å². The van der Waals surface area contributed by atoms with Crippen LogP contribution in [0.15, 0.2) is 24.3 Å². The van der Waals surface area contributed by atoms with Crippen LogP contribution in [0.4, 0.5) is 0 Å². The Morgan fingerprint density at radius 3 is 2.38 bits per heavy atom. The number of hydrogen-bond donors (Lipinski definition) is 1.